The summed E-state index contributed by atoms with van der Waals surface area (Å²) in [5.41, 5.74) is 6.67. The molecule has 27 heavy (non-hydrogen) atoms. The molecule has 2 aromatic rings. The Morgan fingerprint density at radius 2 is 2.15 bits per heavy atom. The summed E-state index contributed by atoms with van der Waals surface area (Å²) >= 11 is 0. The predicted octanol–water partition coefficient (Wildman–Crippen LogP) is 2.95. The molecular formula is C20H29N5O2. The fourth-order valence-corrected chi connectivity index (χ4v) is 3.33. The Labute approximate surface area is 161 Å². The first-order chi connectivity index (χ1) is 13.1. The van der Waals surface area contributed by atoms with Crippen LogP contribution in [-0.2, 0) is 0 Å². The van der Waals surface area contributed by atoms with E-state index in [-0.39, 0.29) is 0 Å². The van der Waals surface area contributed by atoms with E-state index in [1.54, 1.807) is 19.4 Å². The van der Waals surface area contributed by atoms with E-state index in [0.29, 0.717) is 18.4 Å². The second-order valence-electron chi connectivity index (χ2n) is 7.07. The second kappa shape index (κ2) is 8.90. The van der Waals surface area contributed by atoms with E-state index in [2.05, 4.69) is 21.8 Å². The molecule has 0 spiro atoms. The van der Waals surface area contributed by atoms with Crippen molar-refractivity contribution in [2.24, 2.45) is 5.92 Å². The minimum atomic E-state index is 0.438. The Morgan fingerprint density at radius 1 is 1.30 bits per heavy atom. The summed E-state index contributed by atoms with van der Waals surface area (Å²) in [5, 5.41) is 0. The zero-order chi connectivity index (χ0) is 19.2. The predicted molar refractivity (Wildman–Crippen MR) is 108 cm³/mol. The number of nitrogen functional groups attached to an aromatic ring is 1. The Morgan fingerprint density at radius 3 is 2.85 bits per heavy atom. The van der Waals surface area contributed by atoms with Crippen LogP contribution in [0.3, 0.4) is 0 Å². The lowest BCUT2D eigenvalue weighted by molar-refractivity contribution is 0.251. The van der Waals surface area contributed by atoms with Crippen molar-refractivity contribution in [2.75, 3.05) is 51.0 Å². The Hall–Kier alpha value is -2.54. The second-order valence-corrected chi connectivity index (χ2v) is 7.07. The molecule has 2 N–H and O–H groups in total. The largest absolute Gasteiger partial charge is 0.493 e. The van der Waals surface area contributed by atoms with Gasteiger partial charge in [0.05, 0.1) is 13.7 Å². The molecule has 3 rings (SSSR count). The topological polar surface area (TPSA) is 76.7 Å². The molecule has 1 aromatic heterocycles. The SMILES string of the molecule is COc1ccc(N(C)c2nccc(N)n2)cc1OCCCN1CCC(C)C1. The monoisotopic (exact) mass is 371 g/mol. The van der Waals surface area contributed by atoms with Gasteiger partial charge in [-0.1, -0.05) is 6.92 Å². The summed E-state index contributed by atoms with van der Waals surface area (Å²) in [6, 6.07) is 7.46. The van der Waals surface area contributed by atoms with Gasteiger partial charge in [0.15, 0.2) is 11.5 Å². The zero-order valence-electron chi connectivity index (χ0n) is 16.4. The number of benzene rings is 1. The molecule has 1 unspecified atom stereocenters. The van der Waals surface area contributed by atoms with Crippen LogP contribution in [-0.4, -0.2) is 55.3 Å². The van der Waals surface area contributed by atoms with Gasteiger partial charge in [0.25, 0.3) is 0 Å². The van der Waals surface area contributed by atoms with Gasteiger partial charge >= 0.3 is 0 Å². The quantitative estimate of drug-likeness (QED) is 0.715. The number of nitrogens with two attached hydrogens (primary N) is 1. The third kappa shape index (κ3) is 5.01. The maximum absolute atomic E-state index is 6.02. The van der Waals surface area contributed by atoms with Crippen LogP contribution in [0.15, 0.2) is 30.5 Å². The van der Waals surface area contributed by atoms with Crippen molar-refractivity contribution in [2.45, 2.75) is 19.8 Å². The summed E-state index contributed by atoms with van der Waals surface area (Å²) in [6.07, 6.45) is 3.94. The Balaban J connectivity index is 1.62. The highest BCUT2D eigenvalue weighted by Gasteiger charge is 2.18. The fraction of sp³-hybridized carbons (Fsp3) is 0.500. The molecule has 0 amide bonds. The van der Waals surface area contributed by atoms with Crippen LogP contribution >= 0.6 is 0 Å². The number of hydrogen-bond donors (Lipinski definition) is 1. The lowest BCUT2D eigenvalue weighted by Gasteiger charge is -2.20. The van der Waals surface area contributed by atoms with Gasteiger partial charge in [-0.2, -0.15) is 4.98 Å². The molecule has 146 valence electrons. The molecule has 2 heterocycles. The molecule has 0 saturated carbocycles. The fourth-order valence-electron chi connectivity index (χ4n) is 3.33. The summed E-state index contributed by atoms with van der Waals surface area (Å²) in [6.45, 7) is 6.44. The van der Waals surface area contributed by atoms with Gasteiger partial charge in [0.1, 0.15) is 5.82 Å². The summed E-state index contributed by atoms with van der Waals surface area (Å²) in [7, 11) is 3.55. The van der Waals surface area contributed by atoms with E-state index in [9.17, 15) is 0 Å². The van der Waals surface area contributed by atoms with Crippen molar-refractivity contribution in [1.82, 2.24) is 14.9 Å². The number of hydrogen-bond acceptors (Lipinski definition) is 7. The van der Waals surface area contributed by atoms with Crippen molar-refractivity contribution < 1.29 is 9.47 Å². The highest BCUT2D eigenvalue weighted by Crippen LogP contribution is 2.33. The van der Waals surface area contributed by atoms with Crippen LogP contribution in [0.2, 0.25) is 0 Å². The van der Waals surface area contributed by atoms with E-state index in [1.165, 1.54) is 19.5 Å². The van der Waals surface area contributed by atoms with Crippen molar-refractivity contribution in [3.63, 3.8) is 0 Å². The molecule has 1 saturated heterocycles. The molecule has 1 fully saturated rings. The van der Waals surface area contributed by atoms with Crippen LogP contribution in [0.4, 0.5) is 17.5 Å². The third-order valence-corrected chi connectivity index (χ3v) is 4.88. The number of aromatic nitrogens is 2. The molecule has 7 nitrogen and oxygen atoms in total. The van der Waals surface area contributed by atoms with E-state index < -0.39 is 0 Å². The minimum Gasteiger partial charge on any atom is -0.493 e. The first-order valence-electron chi connectivity index (χ1n) is 9.42. The van der Waals surface area contributed by atoms with Gasteiger partial charge in [-0.3, -0.25) is 0 Å². The smallest absolute Gasteiger partial charge is 0.231 e. The van der Waals surface area contributed by atoms with Crippen LogP contribution in [0.25, 0.3) is 0 Å². The third-order valence-electron chi connectivity index (χ3n) is 4.88. The maximum atomic E-state index is 6.02. The number of ether oxygens (including phenoxy) is 2. The number of likely N-dealkylation sites (tertiary alicyclic amines) is 1. The molecule has 0 aliphatic carbocycles. The first-order valence-corrected chi connectivity index (χ1v) is 9.42. The van der Waals surface area contributed by atoms with Crippen molar-refractivity contribution in [3.8, 4) is 11.5 Å². The molecule has 1 aliphatic rings. The van der Waals surface area contributed by atoms with E-state index in [0.717, 1.165) is 36.1 Å². The van der Waals surface area contributed by atoms with Crippen molar-refractivity contribution in [3.05, 3.63) is 30.5 Å². The van der Waals surface area contributed by atoms with Gasteiger partial charge < -0.3 is 25.0 Å². The molecule has 0 bridgehead atoms. The molecule has 1 aromatic carbocycles. The lowest BCUT2D eigenvalue weighted by Crippen LogP contribution is -2.23. The van der Waals surface area contributed by atoms with Crippen molar-refractivity contribution in [1.29, 1.82) is 0 Å². The standard InChI is InChI=1S/C20H29N5O2/c1-15-8-11-25(14-15)10-4-12-27-18-13-16(5-6-17(18)26-3)24(2)20-22-9-7-19(21)23-20/h5-7,9,13,15H,4,8,10-12,14H2,1-3H3,(H2,21,22,23). The lowest BCUT2D eigenvalue weighted by atomic mass is 10.2. The molecule has 7 heteroatoms. The highest BCUT2D eigenvalue weighted by molar-refractivity contribution is 5.62. The van der Waals surface area contributed by atoms with Crippen LogP contribution < -0.4 is 20.1 Å². The Bertz CT molecular complexity index is 755. The van der Waals surface area contributed by atoms with E-state index in [1.807, 2.05) is 30.1 Å². The average molecular weight is 371 g/mol. The van der Waals surface area contributed by atoms with Crippen LogP contribution in [0.1, 0.15) is 19.8 Å². The highest BCUT2D eigenvalue weighted by atomic mass is 16.5. The van der Waals surface area contributed by atoms with Crippen LogP contribution in [0, 0.1) is 5.92 Å². The number of nitrogens with zero attached hydrogens (tertiary/aromatic N) is 4. The van der Waals surface area contributed by atoms with Gasteiger partial charge in [-0.25, -0.2) is 4.98 Å². The summed E-state index contributed by atoms with van der Waals surface area (Å²) in [4.78, 5) is 12.9. The van der Waals surface area contributed by atoms with Crippen molar-refractivity contribution >= 4 is 17.5 Å². The van der Waals surface area contributed by atoms with Crippen LogP contribution in [0.5, 0.6) is 11.5 Å². The number of rotatable bonds is 8. The van der Waals surface area contributed by atoms with Gasteiger partial charge in [0, 0.05) is 38.1 Å². The molecule has 0 radical (unpaired) electrons. The van der Waals surface area contributed by atoms with E-state index >= 15 is 0 Å². The molecule has 1 aliphatic heterocycles. The first kappa shape index (κ1) is 19.2. The van der Waals surface area contributed by atoms with E-state index in [4.69, 9.17) is 15.2 Å². The normalized spacial score (nSPS) is 17.1. The average Bonchev–Trinajstić information content (AvgIpc) is 3.09. The van der Waals surface area contributed by atoms with Gasteiger partial charge in [-0.05, 0) is 43.5 Å². The summed E-state index contributed by atoms with van der Waals surface area (Å²) in [5.74, 6) is 3.23. The number of methoxy groups -OCH3 is 1. The zero-order valence-corrected chi connectivity index (χ0v) is 16.4. The molecular weight excluding hydrogens is 342 g/mol. The van der Waals surface area contributed by atoms with Gasteiger partial charge in [-0.15, -0.1) is 0 Å². The molecule has 1 atom stereocenters. The maximum Gasteiger partial charge on any atom is 0.231 e. The Kier molecular flexibility index (Phi) is 6.34. The minimum absolute atomic E-state index is 0.438. The van der Waals surface area contributed by atoms with Gasteiger partial charge in [0.2, 0.25) is 5.95 Å². The number of anilines is 3. The summed E-state index contributed by atoms with van der Waals surface area (Å²) < 4.78 is 11.5.